The fourth-order valence-corrected chi connectivity index (χ4v) is 2.57. The van der Waals surface area contributed by atoms with Crippen molar-refractivity contribution in [3.05, 3.63) is 59.0 Å². The Morgan fingerprint density at radius 1 is 1.18 bits per heavy atom. The first-order chi connectivity index (χ1) is 8.38. The van der Waals surface area contributed by atoms with Crippen molar-refractivity contribution in [1.82, 2.24) is 5.43 Å². The third-order valence-electron chi connectivity index (χ3n) is 3.45. The highest BCUT2D eigenvalue weighted by molar-refractivity contribution is 5.38. The van der Waals surface area contributed by atoms with Gasteiger partial charge in [-0.1, -0.05) is 18.2 Å². The van der Waals surface area contributed by atoms with E-state index in [4.69, 9.17) is 10.3 Å². The SMILES string of the molecule is NNC(c1ccc2c(c1)CCC2)c1ccco1. The number of hydrogen-bond acceptors (Lipinski definition) is 3. The Labute approximate surface area is 101 Å². The van der Waals surface area contributed by atoms with E-state index in [0.29, 0.717) is 0 Å². The molecule has 1 aromatic heterocycles. The molecule has 3 heteroatoms. The van der Waals surface area contributed by atoms with Crippen LogP contribution in [0.25, 0.3) is 0 Å². The number of furan rings is 1. The Hall–Kier alpha value is -1.58. The summed E-state index contributed by atoms with van der Waals surface area (Å²) >= 11 is 0. The van der Waals surface area contributed by atoms with E-state index in [-0.39, 0.29) is 6.04 Å². The molecule has 88 valence electrons. The van der Waals surface area contributed by atoms with E-state index in [1.54, 1.807) is 6.26 Å². The minimum atomic E-state index is -0.0594. The van der Waals surface area contributed by atoms with Gasteiger partial charge in [-0.05, 0) is 48.1 Å². The number of fused-ring (bicyclic) bond motifs is 1. The lowest BCUT2D eigenvalue weighted by molar-refractivity contribution is 0.452. The molecule has 1 aliphatic carbocycles. The molecule has 1 heterocycles. The van der Waals surface area contributed by atoms with Gasteiger partial charge < -0.3 is 4.42 Å². The van der Waals surface area contributed by atoms with Crippen LogP contribution in [0.1, 0.15) is 34.9 Å². The maximum atomic E-state index is 5.63. The van der Waals surface area contributed by atoms with Crippen LogP contribution in [0.2, 0.25) is 0 Å². The highest BCUT2D eigenvalue weighted by Crippen LogP contribution is 2.28. The number of benzene rings is 1. The van der Waals surface area contributed by atoms with Crippen molar-refractivity contribution in [2.45, 2.75) is 25.3 Å². The second kappa shape index (κ2) is 4.35. The number of hydrogen-bond donors (Lipinski definition) is 2. The molecule has 3 rings (SSSR count). The second-order valence-corrected chi connectivity index (χ2v) is 4.50. The maximum Gasteiger partial charge on any atom is 0.126 e. The Morgan fingerprint density at radius 2 is 2.06 bits per heavy atom. The van der Waals surface area contributed by atoms with Gasteiger partial charge in [0.25, 0.3) is 0 Å². The summed E-state index contributed by atoms with van der Waals surface area (Å²) in [7, 11) is 0. The highest BCUT2D eigenvalue weighted by atomic mass is 16.3. The molecule has 0 bridgehead atoms. The fraction of sp³-hybridized carbons (Fsp3) is 0.286. The Morgan fingerprint density at radius 3 is 2.82 bits per heavy atom. The van der Waals surface area contributed by atoms with Crippen molar-refractivity contribution in [3.8, 4) is 0 Å². The van der Waals surface area contributed by atoms with Crippen LogP contribution in [0.3, 0.4) is 0 Å². The molecule has 0 aliphatic heterocycles. The average Bonchev–Trinajstić information content (AvgIpc) is 2.99. The zero-order valence-electron chi connectivity index (χ0n) is 9.65. The normalized spacial score (nSPS) is 15.8. The van der Waals surface area contributed by atoms with Gasteiger partial charge in [-0.3, -0.25) is 5.84 Å². The summed E-state index contributed by atoms with van der Waals surface area (Å²) < 4.78 is 5.42. The first-order valence-corrected chi connectivity index (χ1v) is 6.00. The first kappa shape index (κ1) is 10.6. The largest absolute Gasteiger partial charge is 0.467 e. The molecule has 0 saturated heterocycles. The molecular weight excluding hydrogens is 212 g/mol. The quantitative estimate of drug-likeness (QED) is 0.626. The van der Waals surface area contributed by atoms with Crippen molar-refractivity contribution < 1.29 is 4.42 Å². The van der Waals surface area contributed by atoms with Gasteiger partial charge in [-0.25, -0.2) is 5.43 Å². The zero-order valence-corrected chi connectivity index (χ0v) is 9.65. The molecule has 0 fully saturated rings. The molecule has 3 nitrogen and oxygen atoms in total. The summed E-state index contributed by atoms with van der Waals surface area (Å²) in [6.45, 7) is 0. The van der Waals surface area contributed by atoms with Gasteiger partial charge in [0, 0.05) is 0 Å². The summed E-state index contributed by atoms with van der Waals surface area (Å²) in [5.74, 6) is 6.48. The molecule has 0 radical (unpaired) electrons. The topological polar surface area (TPSA) is 51.2 Å². The molecule has 0 spiro atoms. The summed E-state index contributed by atoms with van der Waals surface area (Å²) in [6.07, 6.45) is 5.32. The molecule has 0 amide bonds. The average molecular weight is 228 g/mol. The van der Waals surface area contributed by atoms with Crippen molar-refractivity contribution in [2.75, 3.05) is 0 Å². The Kier molecular flexibility index (Phi) is 2.71. The van der Waals surface area contributed by atoms with Gasteiger partial charge in [-0.2, -0.15) is 0 Å². The van der Waals surface area contributed by atoms with Crippen molar-refractivity contribution in [1.29, 1.82) is 0 Å². The smallest absolute Gasteiger partial charge is 0.126 e. The molecule has 3 N–H and O–H groups in total. The summed E-state index contributed by atoms with van der Waals surface area (Å²) in [4.78, 5) is 0. The lowest BCUT2D eigenvalue weighted by Crippen LogP contribution is -2.28. The molecule has 1 unspecified atom stereocenters. The molecule has 17 heavy (non-hydrogen) atoms. The Balaban J connectivity index is 1.97. The summed E-state index contributed by atoms with van der Waals surface area (Å²) in [6, 6.07) is 10.4. The van der Waals surface area contributed by atoms with Crippen LogP contribution in [0, 0.1) is 0 Å². The van der Waals surface area contributed by atoms with E-state index in [1.807, 2.05) is 12.1 Å². The van der Waals surface area contributed by atoms with Gasteiger partial charge in [0.1, 0.15) is 11.8 Å². The van der Waals surface area contributed by atoms with Gasteiger partial charge >= 0.3 is 0 Å². The number of hydrazine groups is 1. The van der Waals surface area contributed by atoms with Crippen molar-refractivity contribution in [2.24, 2.45) is 5.84 Å². The fourth-order valence-electron chi connectivity index (χ4n) is 2.57. The Bertz CT molecular complexity index is 505. The minimum absolute atomic E-state index is 0.0594. The molecule has 1 aliphatic rings. The van der Waals surface area contributed by atoms with E-state index in [1.165, 1.54) is 36.0 Å². The number of aryl methyl sites for hydroxylation is 2. The van der Waals surface area contributed by atoms with Gasteiger partial charge in [0.15, 0.2) is 0 Å². The van der Waals surface area contributed by atoms with Gasteiger partial charge in [-0.15, -0.1) is 0 Å². The molecule has 2 aromatic rings. The minimum Gasteiger partial charge on any atom is -0.467 e. The van der Waals surface area contributed by atoms with Crippen LogP contribution in [0.5, 0.6) is 0 Å². The van der Waals surface area contributed by atoms with Crippen LogP contribution in [0.15, 0.2) is 41.0 Å². The van der Waals surface area contributed by atoms with E-state index in [2.05, 4.69) is 23.6 Å². The second-order valence-electron chi connectivity index (χ2n) is 4.50. The number of nitrogens with one attached hydrogen (secondary N) is 1. The standard InChI is InChI=1S/C14H16N2O/c15-16-14(13-5-2-8-17-13)12-7-6-10-3-1-4-11(10)9-12/h2,5-9,14,16H,1,3-4,15H2. The monoisotopic (exact) mass is 228 g/mol. The molecular formula is C14H16N2O. The van der Waals surface area contributed by atoms with Gasteiger partial charge in [0.2, 0.25) is 0 Å². The van der Waals surface area contributed by atoms with E-state index < -0.39 is 0 Å². The predicted molar refractivity (Wildman–Crippen MR) is 66.3 cm³/mol. The van der Waals surface area contributed by atoms with Crippen LogP contribution < -0.4 is 11.3 Å². The third-order valence-corrected chi connectivity index (χ3v) is 3.45. The summed E-state index contributed by atoms with van der Waals surface area (Å²) in [5.41, 5.74) is 6.92. The highest BCUT2D eigenvalue weighted by Gasteiger charge is 2.18. The number of rotatable bonds is 3. The third kappa shape index (κ3) is 1.88. The van der Waals surface area contributed by atoms with Crippen LogP contribution >= 0.6 is 0 Å². The lowest BCUT2D eigenvalue weighted by atomic mass is 10.00. The zero-order chi connectivity index (χ0) is 11.7. The predicted octanol–water partition coefficient (Wildman–Crippen LogP) is 2.32. The van der Waals surface area contributed by atoms with E-state index >= 15 is 0 Å². The maximum absolute atomic E-state index is 5.63. The van der Waals surface area contributed by atoms with Crippen LogP contribution in [-0.4, -0.2) is 0 Å². The van der Waals surface area contributed by atoms with Crippen molar-refractivity contribution in [3.63, 3.8) is 0 Å². The van der Waals surface area contributed by atoms with Gasteiger partial charge in [0.05, 0.1) is 6.26 Å². The van der Waals surface area contributed by atoms with Crippen LogP contribution in [0.4, 0.5) is 0 Å². The lowest BCUT2D eigenvalue weighted by Gasteiger charge is -2.15. The first-order valence-electron chi connectivity index (χ1n) is 6.00. The van der Waals surface area contributed by atoms with E-state index in [0.717, 1.165) is 5.76 Å². The number of nitrogens with two attached hydrogens (primary N) is 1. The molecule has 0 saturated carbocycles. The molecule has 1 aromatic carbocycles. The van der Waals surface area contributed by atoms with Crippen LogP contribution in [-0.2, 0) is 12.8 Å². The summed E-state index contributed by atoms with van der Waals surface area (Å²) in [5, 5.41) is 0. The van der Waals surface area contributed by atoms with Crippen molar-refractivity contribution >= 4 is 0 Å². The van der Waals surface area contributed by atoms with E-state index in [9.17, 15) is 0 Å². The molecule has 1 atom stereocenters.